The molecule has 14 heavy (non-hydrogen) atoms. The molecule has 0 bridgehead atoms. The van der Waals surface area contributed by atoms with E-state index >= 15 is 0 Å². The van der Waals surface area contributed by atoms with Crippen LogP contribution in [0, 0.1) is 6.92 Å². The summed E-state index contributed by atoms with van der Waals surface area (Å²) in [6.07, 6.45) is 4.16. The molecule has 0 aliphatic rings. The molecule has 1 N–H and O–H groups in total. The van der Waals surface area contributed by atoms with Gasteiger partial charge in [0, 0.05) is 22.3 Å². The molecule has 0 aliphatic carbocycles. The molecule has 0 fully saturated rings. The third-order valence-corrected chi connectivity index (χ3v) is 3.70. The summed E-state index contributed by atoms with van der Waals surface area (Å²) in [6.45, 7) is 4.42. The lowest BCUT2D eigenvalue weighted by molar-refractivity contribution is 1.10. The summed E-state index contributed by atoms with van der Waals surface area (Å²) in [5.74, 6) is 0. The lowest BCUT2D eigenvalue weighted by atomic mass is 10.1. The maximum absolute atomic E-state index is 3.27. The predicted octanol–water partition coefficient (Wildman–Crippen LogP) is 3.90. The molecular weight excluding hydrogens is 190 g/mol. The lowest BCUT2D eigenvalue weighted by Crippen LogP contribution is -1.89. The number of H-pyrrole nitrogens is 1. The highest BCUT2D eigenvalue weighted by Gasteiger charge is 2.06. The molecule has 2 rings (SSSR count). The Morgan fingerprint density at radius 2 is 2.14 bits per heavy atom. The van der Waals surface area contributed by atoms with E-state index in [4.69, 9.17) is 0 Å². The Labute approximate surface area is 88.9 Å². The maximum Gasteiger partial charge on any atom is 0.0459 e. The van der Waals surface area contributed by atoms with Gasteiger partial charge in [0.1, 0.15) is 0 Å². The normalized spacial score (nSPS) is 13.4. The third-order valence-electron chi connectivity index (χ3n) is 2.72. The number of aromatic amines is 1. The van der Waals surface area contributed by atoms with Gasteiger partial charge in [-0.1, -0.05) is 6.07 Å². The van der Waals surface area contributed by atoms with Gasteiger partial charge in [0.05, 0.1) is 0 Å². The molecule has 1 unspecified atom stereocenters. The van der Waals surface area contributed by atoms with Crippen molar-refractivity contribution < 1.29 is 0 Å². The van der Waals surface area contributed by atoms with Crippen molar-refractivity contribution in [2.24, 2.45) is 0 Å². The van der Waals surface area contributed by atoms with E-state index in [1.807, 2.05) is 18.0 Å². The second-order valence-electron chi connectivity index (χ2n) is 3.65. The fraction of sp³-hybridized carbons (Fsp3) is 0.333. The Hall–Kier alpha value is -0.890. The van der Waals surface area contributed by atoms with Crippen molar-refractivity contribution in [3.63, 3.8) is 0 Å². The fourth-order valence-corrected chi connectivity index (χ4v) is 2.16. The van der Waals surface area contributed by atoms with Gasteiger partial charge in [-0.2, -0.15) is 11.8 Å². The van der Waals surface area contributed by atoms with E-state index in [-0.39, 0.29) is 0 Å². The Morgan fingerprint density at radius 1 is 1.36 bits per heavy atom. The monoisotopic (exact) mass is 205 g/mol. The smallest absolute Gasteiger partial charge is 0.0459 e. The van der Waals surface area contributed by atoms with E-state index in [1.165, 1.54) is 22.0 Å². The summed E-state index contributed by atoms with van der Waals surface area (Å²) in [6, 6.07) is 6.68. The first-order chi connectivity index (χ1) is 6.72. The maximum atomic E-state index is 3.27. The molecule has 0 saturated heterocycles. The highest BCUT2D eigenvalue weighted by molar-refractivity contribution is 7.98. The van der Waals surface area contributed by atoms with Gasteiger partial charge in [-0.15, -0.1) is 0 Å². The summed E-state index contributed by atoms with van der Waals surface area (Å²) in [5.41, 5.74) is 4.02. The van der Waals surface area contributed by atoms with Crippen LogP contribution < -0.4 is 0 Å². The first-order valence-corrected chi connectivity index (χ1v) is 6.11. The topological polar surface area (TPSA) is 15.8 Å². The number of nitrogens with one attached hydrogen (secondary N) is 1. The van der Waals surface area contributed by atoms with Crippen LogP contribution in [-0.4, -0.2) is 11.2 Å². The van der Waals surface area contributed by atoms with Crippen molar-refractivity contribution in [3.05, 3.63) is 35.5 Å². The lowest BCUT2D eigenvalue weighted by Gasteiger charge is -2.10. The van der Waals surface area contributed by atoms with Crippen molar-refractivity contribution in [2.45, 2.75) is 19.1 Å². The van der Waals surface area contributed by atoms with E-state index in [9.17, 15) is 0 Å². The minimum Gasteiger partial charge on any atom is -0.361 e. The molecule has 0 saturated carbocycles. The second-order valence-corrected chi connectivity index (χ2v) is 4.83. The Bertz CT molecular complexity index is 445. The number of fused-ring (bicyclic) bond motifs is 1. The molecule has 1 aromatic carbocycles. The number of hydrogen-bond acceptors (Lipinski definition) is 1. The highest BCUT2D eigenvalue weighted by atomic mass is 32.2. The van der Waals surface area contributed by atoms with E-state index in [2.05, 4.69) is 43.3 Å². The Kier molecular flexibility index (Phi) is 2.55. The van der Waals surface area contributed by atoms with Gasteiger partial charge in [0.25, 0.3) is 0 Å². The van der Waals surface area contributed by atoms with E-state index < -0.39 is 0 Å². The van der Waals surface area contributed by atoms with Gasteiger partial charge in [-0.3, -0.25) is 0 Å². The third kappa shape index (κ3) is 1.55. The number of hydrogen-bond donors (Lipinski definition) is 1. The van der Waals surface area contributed by atoms with Gasteiger partial charge in [-0.25, -0.2) is 0 Å². The molecule has 1 nitrogen and oxygen atoms in total. The van der Waals surface area contributed by atoms with E-state index in [0.717, 1.165) is 0 Å². The minimum absolute atomic E-state index is 0.571. The van der Waals surface area contributed by atoms with Crippen molar-refractivity contribution in [1.82, 2.24) is 4.98 Å². The van der Waals surface area contributed by atoms with E-state index in [0.29, 0.717) is 5.25 Å². The fourth-order valence-electron chi connectivity index (χ4n) is 1.75. The highest BCUT2D eigenvalue weighted by Crippen LogP contribution is 2.29. The quantitative estimate of drug-likeness (QED) is 0.786. The van der Waals surface area contributed by atoms with Crippen LogP contribution in [0.2, 0.25) is 0 Å². The van der Waals surface area contributed by atoms with Crippen molar-refractivity contribution in [1.29, 1.82) is 0 Å². The summed E-state index contributed by atoms with van der Waals surface area (Å²) >= 11 is 1.88. The van der Waals surface area contributed by atoms with Gasteiger partial charge in [0.2, 0.25) is 0 Å². The van der Waals surface area contributed by atoms with Gasteiger partial charge in [-0.05, 0) is 43.4 Å². The van der Waals surface area contributed by atoms with Crippen LogP contribution in [0.1, 0.15) is 23.3 Å². The standard InChI is InChI=1S/C12H15NS/c1-8-6-10(9(2)14-3)7-12-11(8)4-5-13-12/h4-7,9,13H,1-3H3. The molecule has 0 radical (unpaired) electrons. The van der Waals surface area contributed by atoms with Crippen LogP contribution in [0.5, 0.6) is 0 Å². The van der Waals surface area contributed by atoms with Gasteiger partial charge >= 0.3 is 0 Å². The first-order valence-electron chi connectivity index (χ1n) is 4.83. The first kappa shape index (κ1) is 9.66. The summed E-state index contributed by atoms with van der Waals surface area (Å²) in [4.78, 5) is 3.27. The molecule has 0 aliphatic heterocycles. The molecule has 0 spiro atoms. The molecule has 2 heteroatoms. The zero-order valence-corrected chi connectivity index (χ0v) is 9.61. The number of thioether (sulfide) groups is 1. The van der Waals surface area contributed by atoms with Crippen LogP contribution in [-0.2, 0) is 0 Å². The number of rotatable bonds is 2. The van der Waals surface area contributed by atoms with Gasteiger partial charge in [0.15, 0.2) is 0 Å². The SMILES string of the molecule is CSC(C)c1cc(C)c2cc[nH]c2c1. The van der Waals surface area contributed by atoms with Crippen LogP contribution in [0.3, 0.4) is 0 Å². The number of aromatic nitrogens is 1. The number of aryl methyl sites for hydroxylation is 1. The van der Waals surface area contributed by atoms with Crippen molar-refractivity contribution in [3.8, 4) is 0 Å². The minimum atomic E-state index is 0.571. The van der Waals surface area contributed by atoms with E-state index in [1.54, 1.807) is 0 Å². The molecule has 1 heterocycles. The molecule has 2 aromatic rings. The second kappa shape index (κ2) is 3.70. The van der Waals surface area contributed by atoms with Crippen LogP contribution in [0.4, 0.5) is 0 Å². The van der Waals surface area contributed by atoms with Gasteiger partial charge < -0.3 is 4.98 Å². The Balaban J connectivity index is 2.58. The Morgan fingerprint density at radius 3 is 2.86 bits per heavy atom. The summed E-state index contributed by atoms with van der Waals surface area (Å²) in [7, 11) is 0. The van der Waals surface area contributed by atoms with Crippen molar-refractivity contribution in [2.75, 3.05) is 6.26 Å². The van der Waals surface area contributed by atoms with Crippen LogP contribution in [0.25, 0.3) is 10.9 Å². The average Bonchev–Trinajstić information content (AvgIpc) is 2.64. The predicted molar refractivity (Wildman–Crippen MR) is 65.0 cm³/mol. The zero-order chi connectivity index (χ0) is 10.1. The molecule has 0 amide bonds. The van der Waals surface area contributed by atoms with Crippen LogP contribution >= 0.6 is 11.8 Å². The molecule has 1 atom stereocenters. The van der Waals surface area contributed by atoms with Crippen molar-refractivity contribution >= 4 is 22.7 Å². The van der Waals surface area contributed by atoms with Crippen LogP contribution in [0.15, 0.2) is 24.4 Å². The summed E-state index contributed by atoms with van der Waals surface area (Å²) in [5, 5.41) is 1.91. The zero-order valence-electron chi connectivity index (χ0n) is 8.79. The molecular formula is C12H15NS. The molecule has 1 aromatic heterocycles. The average molecular weight is 205 g/mol. The summed E-state index contributed by atoms with van der Waals surface area (Å²) < 4.78 is 0. The molecule has 74 valence electrons. The number of benzene rings is 1. The largest absolute Gasteiger partial charge is 0.361 e.